The molecule has 1 aromatic heterocycles. The van der Waals surface area contributed by atoms with Gasteiger partial charge in [-0.1, -0.05) is 30.8 Å². The minimum atomic E-state index is 0.387. The summed E-state index contributed by atoms with van der Waals surface area (Å²) in [5.41, 5.74) is 0. The monoisotopic (exact) mass is 237 g/mol. The standard InChI is InChI=1S/C13H23N3O/c1-10(14-2)9-12-15-13(16-17-12)11-7-5-3-4-6-8-11/h10-11,14H,3-9H2,1-2H3. The Morgan fingerprint density at radius 3 is 2.65 bits per heavy atom. The molecule has 0 saturated heterocycles. The molecule has 1 heterocycles. The average molecular weight is 237 g/mol. The van der Waals surface area contributed by atoms with Crippen LogP contribution < -0.4 is 5.32 Å². The van der Waals surface area contributed by atoms with Crippen LogP contribution in [0.25, 0.3) is 0 Å². The van der Waals surface area contributed by atoms with E-state index in [2.05, 4.69) is 22.4 Å². The Morgan fingerprint density at radius 1 is 1.29 bits per heavy atom. The lowest BCUT2D eigenvalue weighted by atomic mass is 10.00. The first-order valence-electron chi connectivity index (χ1n) is 6.79. The van der Waals surface area contributed by atoms with Crippen molar-refractivity contribution >= 4 is 0 Å². The van der Waals surface area contributed by atoms with Gasteiger partial charge in [0.05, 0.1) is 0 Å². The maximum atomic E-state index is 5.33. The maximum Gasteiger partial charge on any atom is 0.228 e. The molecule has 1 unspecified atom stereocenters. The molecule has 0 amide bonds. The van der Waals surface area contributed by atoms with Crippen LogP contribution in [0.1, 0.15) is 63.1 Å². The van der Waals surface area contributed by atoms with Crippen molar-refractivity contribution in [1.82, 2.24) is 15.5 Å². The Morgan fingerprint density at radius 2 is 2.00 bits per heavy atom. The molecular formula is C13H23N3O. The van der Waals surface area contributed by atoms with Crippen LogP contribution in [-0.2, 0) is 6.42 Å². The molecule has 1 saturated carbocycles. The Labute approximate surface area is 103 Å². The van der Waals surface area contributed by atoms with Crippen LogP contribution in [0.3, 0.4) is 0 Å². The molecule has 1 N–H and O–H groups in total. The topological polar surface area (TPSA) is 51.0 Å². The van der Waals surface area contributed by atoms with Gasteiger partial charge in [-0.15, -0.1) is 0 Å². The van der Waals surface area contributed by atoms with Crippen molar-refractivity contribution in [3.63, 3.8) is 0 Å². The van der Waals surface area contributed by atoms with Crippen LogP contribution in [0.5, 0.6) is 0 Å². The van der Waals surface area contributed by atoms with E-state index >= 15 is 0 Å². The average Bonchev–Trinajstić information content (AvgIpc) is 2.63. The van der Waals surface area contributed by atoms with Crippen LogP contribution in [-0.4, -0.2) is 23.2 Å². The van der Waals surface area contributed by atoms with Gasteiger partial charge in [0.15, 0.2) is 5.82 Å². The summed E-state index contributed by atoms with van der Waals surface area (Å²) in [6.07, 6.45) is 8.59. The Bertz CT molecular complexity index is 329. The van der Waals surface area contributed by atoms with Crippen molar-refractivity contribution in [2.24, 2.45) is 0 Å². The van der Waals surface area contributed by atoms with Gasteiger partial charge < -0.3 is 9.84 Å². The number of hydrogen-bond acceptors (Lipinski definition) is 4. The molecule has 0 spiro atoms. The third-order valence-electron chi connectivity index (χ3n) is 3.68. The van der Waals surface area contributed by atoms with Gasteiger partial charge in [-0.2, -0.15) is 4.98 Å². The Balaban J connectivity index is 1.96. The van der Waals surface area contributed by atoms with E-state index in [9.17, 15) is 0 Å². The quantitative estimate of drug-likeness (QED) is 0.818. The highest BCUT2D eigenvalue weighted by molar-refractivity contribution is 4.97. The molecule has 2 rings (SSSR count). The molecule has 1 aromatic rings. The van der Waals surface area contributed by atoms with Crippen molar-refractivity contribution < 1.29 is 4.52 Å². The van der Waals surface area contributed by atoms with E-state index in [1.54, 1.807) is 0 Å². The number of rotatable bonds is 4. The fraction of sp³-hybridized carbons (Fsp3) is 0.846. The van der Waals surface area contributed by atoms with E-state index in [1.165, 1.54) is 38.5 Å². The number of nitrogens with zero attached hydrogens (tertiary/aromatic N) is 2. The van der Waals surface area contributed by atoms with E-state index in [-0.39, 0.29) is 0 Å². The van der Waals surface area contributed by atoms with Gasteiger partial charge in [0, 0.05) is 18.4 Å². The summed E-state index contributed by atoms with van der Waals surface area (Å²) < 4.78 is 5.33. The molecule has 0 radical (unpaired) electrons. The summed E-state index contributed by atoms with van der Waals surface area (Å²) in [4.78, 5) is 4.55. The molecule has 17 heavy (non-hydrogen) atoms. The normalized spacial score (nSPS) is 20.1. The first kappa shape index (κ1) is 12.6. The molecular weight excluding hydrogens is 214 g/mol. The lowest BCUT2D eigenvalue weighted by Gasteiger charge is -2.07. The lowest BCUT2D eigenvalue weighted by molar-refractivity contribution is 0.356. The smallest absolute Gasteiger partial charge is 0.228 e. The number of nitrogens with one attached hydrogen (secondary N) is 1. The first-order chi connectivity index (χ1) is 8.29. The van der Waals surface area contributed by atoms with Gasteiger partial charge in [0.2, 0.25) is 5.89 Å². The second-order valence-corrected chi connectivity index (χ2v) is 5.13. The predicted molar refractivity (Wildman–Crippen MR) is 67.0 cm³/mol. The van der Waals surface area contributed by atoms with Gasteiger partial charge in [0.1, 0.15) is 0 Å². The molecule has 1 aliphatic carbocycles. The number of hydrogen-bond donors (Lipinski definition) is 1. The third-order valence-corrected chi connectivity index (χ3v) is 3.68. The van der Waals surface area contributed by atoms with Crippen LogP contribution in [0.4, 0.5) is 0 Å². The molecule has 4 nitrogen and oxygen atoms in total. The minimum Gasteiger partial charge on any atom is -0.339 e. The van der Waals surface area contributed by atoms with Gasteiger partial charge in [-0.25, -0.2) is 0 Å². The zero-order valence-corrected chi connectivity index (χ0v) is 10.9. The van der Waals surface area contributed by atoms with Crippen molar-refractivity contribution in [2.45, 2.75) is 63.8 Å². The van der Waals surface area contributed by atoms with Crippen molar-refractivity contribution in [3.05, 3.63) is 11.7 Å². The summed E-state index contributed by atoms with van der Waals surface area (Å²) in [6, 6.07) is 0.387. The van der Waals surface area contributed by atoms with E-state index in [0.717, 1.165) is 18.1 Å². The highest BCUT2D eigenvalue weighted by Gasteiger charge is 2.20. The molecule has 0 aliphatic heterocycles. The zero-order valence-electron chi connectivity index (χ0n) is 10.9. The van der Waals surface area contributed by atoms with Gasteiger partial charge in [-0.05, 0) is 26.8 Å². The second kappa shape index (κ2) is 6.15. The molecule has 4 heteroatoms. The van der Waals surface area contributed by atoms with Crippen LogP contribution in [0.2, 0.25) is 0 Å². The lowest BCUT2D eigenvalue weighted by Crippen LogP contribution is -2.23. The van der Waals surface area contributed by atoms with Crippen molar-refractivity contribution in [1.29, 1.82) is 0 Å². The number of aromatic nitrogens is 2. The molecule has 1 fully saturated rings. The second-order valence-electron chi connectivity index (χ2n) is 5.13. The summed E-state index contributed by atoms with van der Waals surface area (Å²) >= 11 is 0. The fourth-order valence-corrected chi connectivity index (χ4v) is 2.42. The molecule has 0 bridgehead atoms. The maximum absolute atomic E-state index is 5.33. The highest BCUT2D eigenvalue weighted by atomic mass is 16.5. The van der Waals surface area contributed by atoms with Crippen LogP contribution >= 0.6 is 0 Å². The molecule has 1 atom stereocenters. The SMILES string of the molecule is CNC(C)Cc1nc(C2CCCCCC2)no1. The third kappa shape index (κ3) is 3.53. The predicted octanol–water partition coefficient (Wildman–Crippen LogP) is 2.66. The van der Waals surface area contributed by atoms with E-state index in [0.29, 0.717) is 12.0 Å². The largest absolute Gasteiger partial charge is 0.339 e. The van der Waals surface area contributed by atoms with E-state index in [1.807, 2.05) is 7.05 Å². The van der Waals surface area contributed by atoms with Gasteiger partial charge in [0.25, 0.3) is 0 Å². The zero-order chi connectivity index (χ0) is 12.1. The molecule has 0 aromatic carbocycles. The summed E-state index contributed by atoms with van der Waals surface area (Å²) in [7, 11) is 1.95. The highest BCUT2D eigenvalue weighted by Crippen LogP contribution is 2.29. The molecule has 1 aliphatic rings. The fourth-order valence-electron chi connectivity index (χ4n) is 2.42. The minimum absolute atomic E-state index is 0.387. The van der Waals surface area contributed by atoms with E-state index in [4.69, 9.17) is 4.52 Å². The van der Waals surface area contributed by atoms with Gasteiger partial charge >= 0.3 is 0 Å². The van der Waals surface area contributed by atoms with Crippen LogP contribution in [0, 0.1) is 0 Å². The van der Waals surface area contributed by atoms with Crippen molar-refractivity contribution in [3.8, 4) is 0 Å². The van der Waals surface area contributed by atoms with Crippen molar-refractivity contribution in [2.75, 3.05) is 7.05 Å². The van der Waals surface area contributed by atoms with E-state index < -0.39 is 0 Å². The van der Waals surface area contributed by atoms with Gasteiger partial charge in [-0.3, -0.25) is 0 Å². The van der Waals surface area contributed by atoms with Crippen LogP contribution in [0.15, 0.2) is 4.52 Å². The summed E-state index contributed by atoms with van der Waals surface area (Å²) in [5.74, 6) is 2.23. The summed E-state index contributed by atoms with van der Waals surface area (Å²) in [6.45, 7) is 2.12. The first-order valence-corrected chi connectivity index (χ1v) is 6.79. The Kier molecular flexibility index (Phi) is 4.54. The molecule has 96 valence electrons. The Hall–Kier alpha value is -0.900. The number of likely N-dealkylation sites (N-methyl/N-ethyl adjacent to an activating group) is 1. The summed E-state index contributed by atoms with van der Waals surface area (Å²) in [5, 5.41) is 7.34.